The molecule has 0 saturated carbocycles. The number of ether oxygens (including phenoxy) is 1. The summed E-state index contributed by atoms with van der Waals surface area (Å²) in [6.07, 6.45) is 3.71. The Morgan fingerprint density at radius 3 is 2.53 bits per heavy atom. The van der Waals surface area contributed by atoms with Crippen LogP contribution in [0.25, 0.3) is 16.8 Å². The first-order valence-corrected chi connectivity index (χ1v) is 5.91. The topological polar surface area (TPSA) is 69.4 Å². The zero-order valence-electron chi connectivity index (χ0n) is 10.1. The highest BCUT2D eigenvalue weighted by Gasteiger charge is 2.27. The Balaban J connectivity index is 2.38. The van der Waals surface area contributed by atoms with Crippen LogP contribution in [0, 0.1) is 0 Å². The van der Waals surface area contributed by atoms with E-state index in [2.05, 4.69) is 0 Å². The Hall–Kier alpha value is -2.46. The van der Waals surface area contributed by atoms with E-state index in [9.17, 15) is 9.59 Å². The smallest absolute Gasteiger partial charge is 0.346 e. The lowest BCUT2D eigenvalue weighted by molar-refractivity contribution is 0.0391. The molecule has 1 aliphatic rings. The van der Waals surface area contributed by atoms with E-state index in [-0.39, 0.29) is 0 Å². The molecule has 0 saturated heterocycles. The first-order valence-electron chi connectivity index (χ1n) is 5.91. The molecule has 2 aromatic rings. The minimum atomic E-state index is -0.594. The van der Waals surface area contributed by atoms with Gasteiger partial charge in [0.2, 0.25) is 0 Å². The summed E-state index contributed by atoms with van der Waals surface area (Å²) in [5.41, 5.74) is 7.22. The molecule has 4 heteroatoms. The van der Waals surface area contributed by atoms with Gasteiger partial charge in [0.25, 0.3) is 0 Å². The lowest BCUT2D eigenvalue weighted by Crippen LogP contribution is -2.19. The predicted octanol–water partition coefficient (Wildman–Crippen LogP) is 2.12. The molecule has 1 heterocycles. The van der Waals surface area contributed by atoms with E-state index in [1.165, 1.54) is 0 Å². The summed E-state index contributed by atoms with van der Waals surface area (Å²) < 4.78 is 4.71. The Labute approximate surface area is 109 Å². The summed E-state index contributed by atoms with van der Waals surface area (Å²) in [6, 6.07) is 8.82. The van der Waals surface area contributed by atoms with Crippen LogP contribution in [-0.4, -0.2) is 18.5 Å². The van der Waals surface area contributed by atoms with Crippen molar-refractivity contribution in [3.8, 4) is 0 Å². The molecule has 0 aliphatic carbocycles. The second-order valence-electron chi connectivity index (χ2n) is 4.25. The van der Waals surface area contributed by atoms with Crippen LogP contribution in [0.15, 0.2) is 36.4 Å². The van der Waals surface area contributed by atoms with Gasteiger partial charge >= 0.3 is 11.9 Å². The molecule has 0 amide bonds. The van der Waals surface area contributed by atoms with Crippen molar-refractivity contribution in [1.82, 2.24) is 0 Å². The Kier molecular flexibility index (Phi) is 2.65. The number of benzene rings is 2. The number of cyclic esters (lactones) is 2. The summed E-state index contributed by atoms with van der Waals surface area (Å²) in [7, 11) is 0. The monoisotopic (exact) mass is 253 g/mol. The fraction of sp³-hybridized carbons (Fsp3) is 0.0667. The van der Waals surface area contributed by atoms with Gasteiger partial charge in [0.1, 0.15) is 0 Å². The molecule has 0 atom stereocenters. The maximum absolute atomic E-state index is 11.7. The van der Waals surface area contributed by atoms with Crippen LogP contribution in [-0.2, 0) is 4.74 Å². The van der Waals surface area contributed by atoms with Crippen molar-refractivity contribution in [2.24, 2.45) is 5.73 Å². The number of rotatable bonds is 2. The van der Waals surface area contributed by atoms with E-state index in [0.29, 0.717) is 23.1 Å². The molecule has 0 unspecified atom stereocenters. The van der Waals surface area contributed by atoms with Gasteiger partial charge < -0.3 is 10.5 Å². The lowest BCUT2D eigenvalue weighted by atomic mass is 9.94. The van der Waals surface area contributed by atoms with Crippen LogP contribution in [0.5, 0.6) is 0 Å². The van der Waals surface area contributed by atoms with Gasteiger partial charge in [-0.15, -0.1) is 0 Å². The van der Waals surface area contributed by atoms with E-state index in [0.717, 1.165) is 10.9 Å². The predicted molar refractivity (Wildman–Crippen MR) is 71.8 cm³/mol. The average molecular weight is 253 g/mol. The molecule has 2 N–H and O–H groups in total. The summed E-state index contributed by atoms with van der Waals surface area (Å²) >= 11 is 0. The van der Waals surface area contributed by atoms with E-state index in [4.69, 9.17) is 10.5 Å². The van der Waals surface area contributed by atoms with Crippen LogP contribution in [0.1, 0.15) is 26.3 Å². The van der Waals surface area contributed by atoms with E-state index in [1.54, 1.807) is 18.2 Å². The van der Waals surface area contributed by atoms with Crippen LogP contribution >= 0.6 is 0 Å². The summed E-state index contributed by atoms with van der Waals surface area (Å²) in [6.45, 7) is 0.434. The number of carbonyl (C=O) groups is 2. The van der Waals surface area contributed by atoms with Gasteiger partial charge in [-0.3, -0.25) is 0 Å². The second-order valence-corrected chi connectivity index (χ2v) is 4.25. The van der Waals surface area contributed by atoms with Crippen molar-refractivity contribution in [3.05, 3.63) is 53.1 Å². The standard InChI is InChI=1S/C15H11NO3/c16-8-2-3-9-6-7-12-13-10(9)4-1-5-11(13)14(17)19-15(12)18/h1-7H,8,16H2. The van der Waals surface area contributed by atoms with Gasteiger partial charge in [0.05, 0.1) is 11.1 Å². The van der Waals surface area contributed by atoms with Crippen LogP contribution in [0.3, 0.4) is 0 Å². The fourth-order valence-corrected chi connectivity index (χ4v) is 2.30. The molecular weight excluding hydrogens is 242 g/mol. The number of hydrogen-bond donors (Lipinski definition) is 1. The normalized spacial score (nSPS) is 14.2. The van der Waals surface area contributed by atoms with Gasteiger partial charge in [0.15, 0.2) is 0 Å². The van der Waals surface area contributed by atoms with Gasteiger partial charge in [-0.05, 0) is 23.1 Å². The molecule has 0 aromatic heterocycles. The highest BCUT2D eigenvalue weighted by molar-refractivity contribution is 6.21. The molecule has 2 aromatic carbocycles. The number of esters is 2. The van der Waals surface area contributed by atoms with E-state index in [1.807, 2.05) is 24.3 Å². The first-order chi connectivity index (χ1) is 9.22. The molecule has 0 spiro atoms. The van der Waals surface area contributed by atoms with Crippen molar-refractivity contribution in [2.75, 3.05) is 6.54 Å². The van der Waals surface area contributed by atoms with Gasteiger partial charge in [0, 0.05) is 11.9 Å². The van der Waals surface area contributed by atoms with Gasteiger partial charge in [-0.2, -0.15) is 0 Å². The molecule has 0 bridgehead atoms. The van der Waals surface area contributed by atoms with Crippen molar-refractivity contribution < 1.29 is 14.3 Å². The molecular formula is C15H11NO3. The molecule has 0 radical (unpaired) electrons. The SMILES string of the molecule is NCC=Cc1ccc2c3c(cccc13)C(=O)OC2=O. The summed E-state index contributed by atoms with van der Waals surface area (Å²) in [4.78, 5) is 23.5. The van der Waals surface area contributed by atoms with E-state index >= 15 is 0 Å². The van der Waals surface area contributed by atoms with Gasteiger partial charge in [-0.25, -0.2) is 9.59 Å². The zero-order chi connectivity index (χ0) is 13.4. The Morgan fingerprint density at radius 1 is 1.05 bits per heavy atom. The number of hydrogen-bond acceptors (Lipinski definition) is 4. The highest BCUT2D eigenvalue weighted by Crippen LogP contribution is 2.31. The quantitative estimate of drug-likeness (QED) is 0.657. The number of carbonyl (C=O) groups excluding carboxylic acids is 2. The fourth-order valence-electron chi connectivity index (χ4n) is 2.30. The Morgan fingerprint density at radius 2 is 1.79 bits per heavy atom. The van der Waals surface area contributed by atoms with Crippen molar-refractivity contribution in [1.29, 1.82) is 0 Å². The van der Waals surface area contributed by atoms with E-state index < -0.39 is 11.9 Å². The molecule has 0 fully saturated rings. The van der Waals surface area contributed by atoms with Crippen LogP contribution in [0.2, 0.25) is 0 Å². The molecule has 1 aliphatic heterocycles. The van der Waals surface area contributed by atoms with Crippen LogP contribution < -0.4 is 5.73 Å². The maximum atomic E-state index is 11.7. The maximum Gasteiger partial charge on any atom is 0.346 e. The molecule has 4 nitrogen and oxygen atoms in total. The van der Waals surface area contributed by atoms with Crippen molar-refractivity contribution >= 4 is 28.8 Å². The molecule has 19 heavy (non-hydrogen) atoms. The van der Waals surface area contributed by atoms with Crippen molar-refractivity contribution in [2.45, 2.75) is 0 Å². The Bertz CT molecular complexity index is 711. The third kappa shape index (κ3) is 1.73. The first kappa shape index (κ1) is 11.6. The largest absolute Gasteiger partial charge is 0.386 e. The highest BCUT2D eigenvalue weighted by atomic mass is 16.6. The zero-order valence-corrected chi connectivity index (χ0v) is 10.1. The van der Waals surface area contributed by atoms with Crippen LogP contribution in [0.4, 0.5) is 0 Å². The van der Waals surface area contributed by atoms with Gasteiger partial charge in [-0.1, -0.05) is 30.4 Å². The third-order valence-electron chi connectivity index (χ3n) is 3.13. The summed E-state index contributed by atoms with van der Waals surface area (Å²) in [5, 5.41) is 1.51. The lowest BCUT2D eigenvalue weighted by Gasteiger charge is -2.16. The average Bonchev–Trinajstić information content (AvgIpc) is 2.42. The number of nitrogens with two attached hydrogens (primary N) is 1. The second kappa shape index (κ2) is 4.33. The minimum absolute atomic E-state index is 0.426. The van der Waals surface area contributed by atoms with Crippen molar-refractivity contribution in [3.63, 3.8) is 0 Å². The molecule has 3 rings (SSSR count). The summed E-state index contributed by atoms with van der Waals surface area (Å²) in [5.74, 6) is -1.19. The minimum Gasteiger partial charge on any atom is -0.386 e. The molecule has 94 valence electrons. The third-order valence-corrected chi connectivity index (χ3v) is 3.13.